The Morgan fingerprint density at radius 1 is 1.50 bits per heavy atom. The summed E-state index contributed by atoms with van der Waals surface area (Å²) < 4.78 is 26.5. The van der Waals surface area contributed by atoms with Crippen molar-refractivity contribution in [3.8, 4) is 5.75 Å². The fourth-order valence-electron chi connectivity index (χ4n) is 3.53. The fourth-order valence-corrected chi connectivity index (χ4v) is 3.53. The van der Waals surface area contributed by atoms with E-state index < -0.39 is 5.82 Å². The van der Waals surface area contributed by atoms with E-state index in [1.165, 1.54) is 36.6 Å². The van der Waals surface area contributed by atoms with Crippen LogP contribution in [0.25, 0.3) is 10.9 Å². The van der Waals surface area contributed by atoms with Gasteiger partial charge in [-0.05, 0) is 25.3 Å². The number of halogens is 1. The fraction of sp³-hybridized carbons (Fsp3) is 0.529. The highest BCUT2D eigenvalue weighted by molar-refractivity contribution is 5.79. The van der Waals surface area contributed by atoms with Crippen LogP contribution >= 0.6 is 0 Å². The lowest BCUT2D eigenvalue weighted by atomic mass is 9.79. The molecule has 1 aliphatic carbocycles. The van der Waals surface area contributed by atoms with Crippen molar-refractivity contribution in [2.75, 3.05) is 20.2 Å². The second-order valence-electron chi connectivity index (χ2n) is 6.61. The number of nitrogens with zero attached hydrogens (tertiary/aromatic N) is 2. The van der Waals surface area contributed by atoms with Crippen molar-refractivity contribution in [2.24, 2.45) is 0 Å². The van der Waals surface area contributed by atoms with E-state index in [0.29, 0.717) is 24.0 Å². The monoisotopic (exact) mass is 333 g/mol. The normalized spacial score (nSPS) is 22.5. The Morgan fingerprint density at radius 2 is 2.33 bits per heavy atom. The number of benzene rings is 1. The van der Waals surface area contributed by atoms with Crippen LogP contribution in [-0.2, 0) is 11.3 Å². The zero-order chi connectivity index (χ0) is 16.7. The number of ether oxygens (including phenoxy) is 2. The molecule has 2 aromatic rings. The zero-order valence-electron chi connectivity index (χ0n) is 13.5. The molecule has 1 aromatic carbocycles. The first-order valence-electron chi connectivity index (χ1n) is 8.21. The van der Waals surface area contributed by atoms with E-state index in [1.54, 1.807) is 0 Å². The molecule has 128 valence electrons. The zero-order valence-corrected chi connectivity index (χ0v) is 13.5. The quantitative estimate of drug-likeness (QED) is 0.921. The molecule has 1 saturated heterocycles. The summed E-state index contributed by atoms with van der Waals surface area (Å²) in [7, 11) is 1.37. The Kier molecular flexibility index (Phi) is 3.77. The summed E-state index contributed by atoms with van der Waals surface area (Å²) in [6, 6.07) is 2.63. The largest absolute Gasteiger partial charge is 0.494 e. The van der Waals surface area contributed by atoms with Gasteiger partial charge in [0.15, 0.2) is 11.6 Å². The molecule has 0 amide bonds. The van der Waals surface area contributed by atoms with Gasteiger partial charge in [0.2, 0.25) is 0 Å². The van der Waals surface area contributed by atoms with Crippen LogP contribution in [0.2, 0.25) is 0 Å². The lowest BCUT2D eigenvalue weighted by Gasteiger charge is -2.47. The minimum absolute atomic E-state index is 0.0446. The molecule has 24 heavy (non-hydrogen) atoms. The molecule has 2 fully saturated rings. The number of methoxy groups -OCH3 is 1. The number of aromatic nitrogens is 2. The van der Waals surface area contributed by atoms with Crippen LogP contribution in [0.5, 0.6) is 5.75 Å². The van der Waals surface area contributed by atoms with Crippen molar-refractivity contribution >= 4 is 10.9 Å². The first kappa shape index (κ1) is 15.5. The van der Waals surface area contributed by atoms with Crippen molar-refractivity contribution < 1.29 is 13.9 Å². The van der Waals surface area contributed by atoms with Crippen molar-refractivity contribution in [1.29, 1.82) is 0 Å². The van der Waals surface area contributed by atoms with Gasteiger partial charge in [-0.15, -0.1) is 0 Å². The smallest absolute Gasteiger partial charge is 0.261 e. The number of morpholine rings is 1. The molecule has 1 aromatic heterocycles. The van der Waals surface area contributed by atoms with Gasteiger partial charge in [-0.25, -0.2) is 9.37 Å². The summed E-state index contributed by atoms with van der Waals surface area (Å²) in [5.74, 6) is -0.482. The number of hydrogen-bond donors (Lipinski definition) is 1. The molecule has 1 spiro atoms. The summed E-state index contributed by atoms with van der Waals surface area (Å²) >= 11 is 0. The Hall–Kier alpha value is -1.99. The number of hydrogen-bond acceptors (Lipinski definition) is 5. The Bertz CT molecular complexity index is 832. The van der Waals surface area contributed by atoms with E-state index in [-0.39, 0.29) is 23.0 Å². The van der Waals surface area contributed by atoms with Gasteiger partial charge in [-0.1, -0.05) is 0 Å². The highest BCUT2D eigenvalue weighted by Crippen LogP contribution is 2.37. The molecule has 7 heteroatoms. The first-order valence-corrected chi connectivity index (χ1v) is 8.21. The predicted octanol–water partition coefficient (Wildman–Crippen LogP) is 1.46. The molecule has 1 N–H and O–H groups in total. The Balaban J connectivity index is 1.63. The summed E-state index contributed by atoms with van der Waals surface area (Å²) in [5.41, 5.74) is 0.0613. The molecular formula is C17H20FN3O3. The van der Waals surface area contributed by atoms with Crippen LogP contribution in [0.1, 0.15) is 19.3 Å². The molecule has 0 radical (unpaired) electrons. The third kappa shape index (κ3) is 2.57. The third-order valence-electron chi connectivity index (χ3n) is 5.00. The minimum Gasteiger partial charge on any atom is -0.494 e. The molecule has 1 unspecified atom stereocenters. The second-order valence-corrected chi connectivity index (χ2v) is 6.61. The lowest BCUT2D eigenvalue weighted by molar-refractivity contribution is -0.161. The van der Waals surface area contributed by atoms with Gasteiger partial charge in [-0.3, -0.25) is 9.36 Å². The summed E-state index contributed by atoms with van der Waals surface area (Å²) in [4.78, 5) is 16.9. The van der Waals surface area contributed by atoms with Gasteiger partial charge >= 0.3 is 0 Å². The van der Waals surface area contributed by atoms with Gasteiger partial charge in [0, 0.05) is 19.2 Å². The van der Waals surface area contributed by atoms with E-state index in [2.05, 4.69) is 10.3 Å². The topological polar surface area (TPSA) is 65.4 Å². The molecule has 4 rings (SSSR count). The summed E-state index contributed by atoms with van der Waals surface area (Å²) in [5, 5.41) is 3.75. The number of fused-ring (bicyclic) bond motifs is 1. The first-order chi connectivity index (χ1) is 11.6. The van der Waals surface area contributed by atoms with Crippen LogP contribution < -0.4 is 15.6 Å². The SMILES string of the molecule is COc1cc2c(=O)n(CC3CNCC4(CCC4)O3)cnc2cc1F. The van der Waals surface area contributed by atoms with Gasteiger partial charge < -0.3 is 14.8 Å². The van der Waals surface area contributed by atoms with Crippen molar-refractivity contribution in [3.05, 3.63) is 34.6 Å². The standard InChI is InChI=1S/C17H20FN3O3/c1-23-15-5-12-14(6-13(15)18)20-10-21(16(12)22)8-11-7-19-9-17(24-11)3-2-4-17/h5-6,10-11,19H,2-4,7-9H2,1H3. The molecule has 1 aliphatic heterocycles. The molecule has 0 bridgehead atoms. The minimum atomic E-state index is -0.526. The molecule has 2 aliphatic rings. The van der Waals surface area contributed by atoms with E-state index in [4.69, 9.17) is 9.47 Å². The van der Waals surface area contributed by atoms with E-state index in [1.807, 2.05) is 0 Å². The van der Waals surface area contributed by atoms with E-state index >= 15 is 0 Å². The highest BCUT2D eigenvalue weighted by Gasteiger charge is 2.42. The average Bonchev–Trinajstić information content (AvgIpc) is 2.56. The lowest BCUT2D eigenvalue weighted by Crippen LogP contribution is -2.58. The van der Waals surface area contributed by atoms with Crippen LogP contribution in [-0.4, -0.2) is 41.5 Å². The van der Waals surface area contributed by atoms with E-state index in [0.717, 1.165) is 19.4 Å². The number of nitrogens with one attached hydrogen (secondary N) is 1. The number of rotatable bonds is 3. The van der Waals surface area contributed by atoms with Crippen molar-refractivity contribution in [1.82, 2.24) is 14.9 Å². The molecule has 6 nitrogen and oxygen atoms in total. The van der Waals surface area contributed by atoms with Crippen molar-refractivity contribution in [3.63, 3.8) is 0 Å². The third-order valence-corrected chi connectivity index (χ3v) is 5.00. The maximum atomic E-state index is 13.8. The van der Waals surface area contributed by atoms with Crippen LogP contribution in [0.15, 0.2) is 23.3 Å². The molecule has 2 heterocycles. The molecule has 1 saturated carbocycles. The second kappa shape index (κ2) is 5.82. The van der Waals surface area contributed by atoms with Crippen LogP contribution in [0.4, 0.5) is 4.39 Å². The van der Waals surface area contributed by atoms with Crippen LogP contribution in [0.3, 0.4) is 0 Å². The van der Waals surface area contributed by atoms with Crippen LogP contribution in [0, 0.1) is 5.82 Å². The Morgan fingerprint density at radius 3 is 3.04 bits per heavy atom. The molecular weight excluding hydrogens is 313 g/mol. The summed E-state index contributed by atoms with van der Waals surface area (Å²) in [6.07, 6.45) is 4.72. The maximum absolute atomic E-state index is 13.8. The molecule has 1 atom stereocenters. The van der Waals surface area contributed by atoms with Crippen molar-refractivity contribution in [2.45, 2.75) is 37.5 Å². The Labute approximate surface area is 138 Å². The summed E-state index contributed by atoms with van der Waals surface area (Å²) in [6.45, 7) is 2.01. The van der Waals surface area contributed by atoms with Gasteiger partial charge in [-0.2, -0.15) is 0 Å². The maximum Gasteiger partial charge on any atom is 0.261 e. The van der Waals surface area contributed by atoms with E-state index in [9.17, 15) is 9.18 Å². The average molecular weight is 333 g/mol. The van der Waals surface area contributed by atoms with Gasteiger partial charge in [0.1, 0.15) is 0 Å². The van der Waals surface area contributed by atoms with Gasteiger partial charge in [0.05, 0.1) is 42.6 Å². The highest BCUT2D eigenvalue weighted by atomic mass is 19.1. The van der Waals surface area contributed by atoms with Gasteiger partial charge in [0.25, 0.3) is 5.56 Å². The predicted molar refractivity (Wildman–Crippen MR) is 86.8 cm³/mol.